The van der Waals surface area contributed by atoms with Crippen molar-refractivity contribution in [3.8, 4) is 5.75 Å². The molecule has 20 heavy (non-hydrogen) atoms. The first-order valence-corrected chi connectivity index (χ1v) is 6.66. The Morgan fingerprint density at radius 1 is 1.45 bits per heavy atom. The number of amides is 2. The van der Waals surface area contributed by atoms with Crippen LogP contribution < -0.4 is 21.1 Å². The number of anilines is 1. The van der Waals surface area contributed by atoms with Gasteiger partial charge >= 0.3 is 0 Å². The molecule has 0 aromatic heterocycles. The molecule has 4 N–H and O–H groups in total. The third-order valence-electron chi connectivity index (χ3n) is 3.27. The van der Waals surface area contributed by atoms with Crippen LogP contribution in [0.4, 0.5) is 5.69 Å². The fourth-order valence-electron chi connectivity index (χ4n) is 2.23. The van der Waals surface area contributed by atoms with Gasteiger partial charge in [-0.3, -0.25) is 9.59 Å². The lowest BCUT2D eigenvalue weighted by Crippen LogP contribution is -2.53. The number of primary amides is 1. The largest absolute Gasteiger partial charge is 0.477 e. The number of carbonyl (C=O) groups excluding carboxylic acids is 2. The topological polar surface area (TPSA) is 98.7 Å². The van der Waals surface area contributed by atoms with E-state index in [1.807, 2.05) is 6.92 Å². The van der Waals surface area contributed by atoms with E-state index in [0.29, 0.717) is 17.9 Å². The molecule has 2 rings (SSSR count). The lowest BCUT2D eigenvalue weighted by atomic mass is 10.1. The van der Waals surface area contributed by atoms with E-state index in [1.165, 1.54) is 4.90 Å². The van der Waals surface area contributed by atoms with Crippen LogP contribution in [0.25, 0.3) is 0 Å². The number of nitrogens with zero attached hydrogens (tertiary/aromatic N) is 1. The van der Waals surface area contributed by atoms with Crippen molar-refractivity contribution in [2.75, 3.05) is 11.4 Å². The van der Waals surface area contributed by atoms with Crippen LogP contribution in [0.5, 0.6) is 5.75 Å². The fourth-order valence-corrected chi connectivity index (χ4v) is 2.23. The van der Waals surface area contributed by atoms with E-state index in [0.717, 1.165) is 6.42 Å². The second-order valence-corrected chi connectivity index (χ2v) is 4.82. The van der Waals surface area contributed by atoms with Gasteiger partial charge in [0.2, 0.25) is 5.91 Å². The van der Waals surface area contributed by atoms with Gasteiger partial charge in [-0.1, -0.05) is 25.5 Å². The van der Waals surface area contributed by atoms with Gasteiger partial charge in [0.05, 0.1) is 18.3 Å². The second-order valence-electron chi connectivity index (χ2n) is 4.82. The zero-order valence-corrected chi connectivity index (χ0v) is 11.4. The Bertz CT molecular complexity index is 518. The van der Waals surface area contributed by atoms with Crippen molar-refractivity contribution in [3.05, 3.63) is 24.3 Å². The Hall–Kier alpha value is -2.08. The normalized spacial score (nSPS) is 18.9. The number of hydrogen-bond acceptors (Lipinski definition) is 4. The average molecular weight is 277 g/mol. The van der Waals surface area contributed by atoms with Crippen LogP contribution in [0.15, 0.2) is 24.3 Å². The quantitative estimate of drug-likeness (QED) is 0.831. The fraction of sp³-hybridized carbons (Fsp3) is 0.429. The minimum atomic E-state index is -0.845. The molecule has 6 nitrogen and oxygen atoms in total. The zero-order chi connectivity index (χ0) is 14.7. The van der Waals surface area contributed by atoms with Gasteiger partial charge in [-0.05, 0) is 18.6 Å². The third kappa shape index (κ3) is 2.75. The number of nitrogens with two attached hydrogens (primary N) is 2. The predicted molar refractivity (Wildman–Crippen MR) is 75.3 cm³/mol. The van der Waals surface area contributed by atoms with Crippen molar-refractivity contribution in [2.24, 2.45) is 11.5 Å². The van der Waals surface area contributed by atoms with Crippen molar-refractivity contribution in [1.29, 1.82) is 0 Å². The number of rotatable bonds is 4. The van der Waals surface area contributed by atoms with Gasteiger partial charge < -0.3 is 21.1 Å². The summed E-state index contributed by atoms with van der Waals surface area (Å²) in [4.78, 5) is 25.3. The molecule has 108 valence electrons. The van der Waals surface area contributed by atoms with Gasteiger partial charge in [-0.15, -0.1) is 0 Å². The minimum Gasteiger partial charge on any atom is -0.477 e. The van der Waals surface area contributed by atoms with E-state index in [2.05, 4.69) is 0 Å². The van der Waals surface area contributed by atoms with Gasteiger partial charge in [0.15, 0.2) is 6.10 Å². The molecule has 0 spiro atoms. The van der Waals surface area contributed by atoms with Crippen LogP contribution in [0.2, 0.25) is 0 Å². The Labute approximate surface area is 117 Å². The van der Waals surface area contributed by atoms with Crippen LogP contribution in [0, 0.1) is 0 Å². The van der Waals surface area contributed by atoms with Gasteiger partial charge in [0, 0.05) is 0 Å². The Kier molecular flexibility index (Phi) is 4.24. The molecule has 1 aliphatic heterocycles. The van der Waals surface area contributed by atoms with Crippen molar-refractivity contribution in [3.63, 3.8) is 0 Å². The van der Waals surface area contributed by atoms with E-state index in [4.69, 9.17) is 16.2 Å². The summed E-state index contributed by atoms with van der Waals surface area (Å²) in [6.07, 6.45) is 0.570. The zero-order valence-electron chi connectivity index (χ0n) is 11.4. The molecule has 1 aliphatic rings. The lowest BCUT2D eigenvalue weighted by molar-refractivity contribution is -0.125. The van der Waals surface area contributed by atoms with Gasteiger partial charge in [-0.2, -0.15) is 0 Å². The maximum Gasteiger partial charge on any atom is 0.260 e. The van der Waals surface area contributed by atoms with E-state index in [1.54, 1.807) is 24.3 Å². The van der Waals surface area contributed by atoms with Crippen molar-refractivity contribution >= 4 is 17.5 Å². The smallest absolute Gasteiger partial charge is 0.260 e. The maximum absolute atomic E-state index is 12.4. The van der Waals surface area contributed by atoms with Crippen LogP contribution >= 0.6 is 0 Å². The van der Waals surface area contributed by atoms with E-state index >= 15 is 0 Å². The van der Waals surface area contributed by atoms with E-state index < -0.39 is 18.1 Å². The maximum atomic E-state index is 12.4. The van der Waals surface area contributed by atoms with E-state index in [9.17, 15) is 9.59 Å². The molecular formula is C14H19N3O3. The molecule has 0 bridgehead atoms. The Morgan fingerprint density at radius 3 is 2.80 bits per heavy atom. The number of benzene rings is 1. The minimum absolute atomic E-state index is 0.0998. The third-order valence-corrected chi connectivity index (χ3v) is 3.27. The number of fused-ring (bicyclic) bond motifs is 1. The molecule has 2 amide bonds. The van der Waals surface area contributed by atoms with Crippen LogP contribution in [0.3, 0.4) is 0 Å². The van der Waals surface area contributed by atoms with E-state index in [-0.39, 0.29) is 12.5 Å². The highest BCUT2D eigenvalue weighted by molar-refractivity contribution is 6.00. The van der Waals surface area contributed by atoms with Gasteiger partial charge in [0.1, 0.15) is 5.75 Å². The summed E-state index contributed by atoms with van der Waals surface area (Å²) in [6, 6.07) is 6.47. The molecule has 1 unspecified atom stereocenters. The standard InChI is InChI=1S/C14H19N3O3/c1-2-5-9(15)14(19)17-8-12(13(16)18)20-11-7-4-3-6-10(11)17/h3-4,6-7,9,12H,2,5,8,15H2,1H3,(H2,16,18)/t9-,12?/m1/s1. The molecule has 1 heterocycles. The molecule has 1 aromatic rings. The summed E-state index contributed by atoms with van der Waals surface area (Å²) >= 11 is 0. The second kappa shape index (κ2) is 5.92. The number of para-hydroxylation sites is 2. The lowest BCUT2D eigenvalue weighted by Gasteiger charge is -2.34. The molecule has 0 radical (unpaired) electrons. The monoisotopic (exact) mass is 277 g/mol. The highest BCUT2D eigenvalue weighted by Crippen LogP contribution is 2.33. The number of hydrogen-bond donors (Lipinski definition) is 2. The molecule has 1 aromatic carbocycles. The highest BCUT2D eigenvalue weighted by atomic mass is 16.5. The average Bonchev–Trinajstić information content (AvgIpc) is 2.45. The summed E-state index contributed by atoms with van der Waals surface area (Å²) < 4.78 is 5.50. The molecular weight excluding hydrogens is 258 g/mol. The van der Waals surface area contributed by atoms with Crippen LogP contribution in [0.1, 0.15) is 19.8 Å². The Balaban J connectivity index is 2.31. The summed E-state index contributed by atoms with van der Waals surface area (Å²) in [5.41, 5.74) is 11.8. The highest BCUT2D eigenvalue weighted by Gasteiger charge is 2.34. The first-order valence-electron chi connectivity index (χ1n) is 6.66. The van der Waals surface area contributed by atoms with Gasteiger partial charge in [0.25, 0.3) is 5.91 Å². The van der Waals surface area contributed by atoms with Crippen molar-refractivity contribution in [1.82, 2.24) is 0 Å². The molecule has 0 saturated carbocycles. The van der Waals surface area contributed by atoms with Gasteiger partial charge in [-0.25, -0.2) is 0 Å². The predicted octanol–water partition coefficient (Wildman–Crippen LogP) is 0.393. The molecule has 0 fully saturated rings. The molecule has 0 saturated heterocycles. The first-order chi connectivity index (χ1) is 9.54. The number of carbonyl (C=O) groups is 2. The SMILES string of the molecule is CCC[C@@H](N)C(=O)N1CC(C(N)=O)Oc2ccccc21. The van der Waals surface area contributed by atoms with Crippen molar-refractivity contribution < 1.29 is 14.3 Å². The summed E-state index contributed by atoms with van der Waals surface area (Å²) in [6.45, 7) is 2.06. The number of ether oxygens (including phenoxy) is 1. The Morgan fingerprint density at radius 2 is 2.15 bits per heavy atom. The van der Waals surface area contributed by atoms with Crippen molar-refractivity contribution in [2.45, 2.75) is 31.9 Å². The molecule has 6 heteroatoms. The summed E-state index contributed by atoms with van der Waals surface area (Å²) in [7, 11) is 0. The summed E-state index contributed by atoms with van der Waals surface area (Å²) in [5, 5.41) is 0. The summed E-state index contributed by atoms with van der Waals surface area (Å²) in [5.74, 6) is -0.338. The first kappa shape index (κ1) is 14.3. The molecule has 2 atom stereocenters. The van der Waals surface area contributed by atoms with Crippen LogP contribution in [-0.4, -0.2) is 30.5 Å². The van der Waals surface area contributed by atoms with Crippen LogP contribution in [-0.2, 0) is 9.59 Å². The molecule has 0 aliphatic carbocycles.